The van der Waals surface area contributed by atoms with Crippen molar-refractivity contribution in [3.05, 3.63) is 54.7 Å². The predicted octanol–water partition coefficient (Wildman–Crippen LogP) is 0.540. The highest BCUT2D eigenvalue weighted by Crippen LogP contribution is 2.22. The van der Waals surface area contributed by atoms with Crippen LogP contribution in [0.3, 0.4) is 0 Å². The molecule has 0 saturated carbocycles. The van der Waals surface area contributed by atoms with Crippen molar-refractivity contribution in [2.24, 2.45) is 14.1 Å². The highest BCUT2D eigenvalue weighted by Gasteiger charge is 2.27. The molecule has 3 aromatic rings. The number of ether oxygens (including phenoxy) is 1. The molecule has 0 unspecified atom stereocenters. The molecule has 10 heteroatoms. The first-order valence-corrected chi connectivity index (χ1v) is 10.1. The second-order valence-electron chi connectivity index (χ2n) is 7.05. The lowest BCUT2D eigenvalue weighted by Gasteiger charge is -2.32. The molecule has 1 aliphatic rings. The van der Waals surface area contributed by atoms with Crippen LogP contribution < -0.4 is 11.2 Å². The summed E-state index contributed by atoms with van der Waals surface area (Å²) in [6, 6.07) is 3.37. The van der Waals surface area contributed by atoms with Crippen molar-refractivity contribution in [2.75, 3.05) is 19.7 Å². The molecule has 9 nitrogen and oxygen atoms in total. The Hall–Kier alpha value is -2.85. The number of rotatable bonds is 3. The Morgan fingerprint density at radius 1 is 1.24 bits per heavy atom. The summed E-state index contributed by atoms with van der Waals surface area (Å²) in [5, 5.41) is 3.20. The Labute approximate surface area is 170 Å². The van der Waals surface area contributed by atoms with E-state index in [1.165, 1.54) is 23.0 Å². The Morgan fingerprint density at radius 3 is 2.76 bits per heavy atom. The van der Waals surface area contributed by atoms with E-state index in [2.05, 4.69) is 9.97 Å². The number of amides is 1. The van der Waals surface area contributed by atoms with Crippen LogP contribution in [0.25, 0.3) is 11.0 Å². The number of morpholine rings is 1. The van der Waals surface area contributed by atoms with Crippen LogP contribution in [-0.4, -0.2) is 49.6 Å². The molecule has 4 rings (SSSR count). The summed E-state index contributed by atoms with van der Waals surface area (Å²) < 4.78 is 8.23. The van der Waals surface area contributed by atoms with E-state index >= 15 is 0 Å². The average molecular weight is 415 g/mol. The van der Waals surface area contributed by atoms with Crippen molar-refractivity contribution in [1.29, 1.82) is 0 Å². The van der Waals surface area contributed by atoms with Gasteiger partial charge >= 0.3 is 5.69 Å². The minimum Gasteiger partial charge on any atom is -0.368 e. The number of fused-ring (bicyclic) bond motifs is 1. The fourth-order valence-corrected chi connectivity index (χ4v) is 4.07. The van der Waals surface area contributed by atoms with E-state index in [0.717, 1.165) is 15.3 Å². The van der Waals surface area contributed by atoms with Gasteiger partial charge in [-0.15, -0.1) is 11.3 Å². The molecule has 0 bridgehead atoms. The predicted molar refractivity (Wildman–Crippen MR) is 108 cm³/mol. The molecule has 1 saturated heterocycles. The van der Waals surface area contributed by atoms with Gasteiger partial charge in [-0.2, -0.15) is 0 Å². The number of carbonyl (C=O) groups excluding carboxylic acids is 1. The summed E-state index contributed by atoms with van der Waals surface area (Å²) in [5.74, 6) is -0.00865. The lowest BCUT2D eigenvalue weighted by Crippen LogP contribution is -2.43. The van der Waals surface area contributed by atoms with E-state index in [1.807, 2.05) is 12.3 Å². The standard InChI is InChI=1S/C19H21N5O4S/c1-11-20-12(10-29-11)8-16(25)24-6-7-28-15(9-24)14-5-4-13-17(21-14)22(2)19(27)23(3)18(13)26/h4-5,10,15H,6-9H2,1-3H3/t15-/m1/s1. The molecule has 1 atom stereocenters. The molecule has 0 spiro atoms. The maximum absolute atomic E-state index is 12.7. The lowest BCUT2D eigenvalue weighted by atomic mass is 10.1. The molecule has 0 radical (unpaired) electrons. The molecular weight excluding hydrogens is 394 g/mol. The number of nitrogens with zero attached hydrogens (tertiary/aromatic N) is 5. The monoisotopic (exact) mass is 415 g/mol. The van der Waals surface area contributed by atoms with E-state index in [9.17, 15) is 14.4 Å². The van der Waals surface area contributed by atoms with Gasteiger partial charge in [-0.05, 0) is 19.1 Å². The first-order valence-electron chi connectivity index (χ1n) is 9.22. The second kappa shape index (κ2) is 7.53. The summed E-state index contributed by atoms with van der Waals surface area (Å²) >= 11 is 1.52. The van der Waals surface area contributed by atoms with E-state index in [0.29, 0.717) is 36.4 Å². The van der Waals surface area contributed by atoms with E-state index in [4.69, 9.17) is 4.74 Å². The van der Waals surface area contributed by atoms with E-state index < -0.39 is 11.8 Å². The Kier molecular flexibility index (Phi) is 5.05. The van der Waals surface area contributed by atoms with Gasteiger partial charge in [0.05, 0.1) is 41.4 Å². The Balaban J connectivity index is 1.59. The highest BCUT2D eigenvalue weighted by atomic mass is 32.1. The molecule has 0 aromatic carbocycles. The van der Waals surface area contributed by atoms with Crippen LogP contribution in [0.5, 0.6) is 0 Å². The summed E-state index contributed by atoms with van der Waals surface area (Å²) in [6.45, 7) is 3.17. The number of pyridine rings is 1. The zero-order valence-corrected chi connectivity index (χ0v) is 17.2. The van der Waals surface area contributed by atoms with Crippen LogP contribution >= 0.6 is 11.3 Å². The van der Waals surface area contributed by atoms with Gasteiger partial charge in [-0.1, -0.05) is 0 Å². The van der Waals surface area contributed by atoms with Crippen molar-refractivity contribution < 1.29 is 9.53 Å². The summed E-state index contributed by atoms with van der Waals surface area (Å²) in [6.07, 6.45) is -0.166. The zero-order valence-electron chi connectivity index (χ0n) is 16.4. The molecule has 152 valence electrons. The number of aryl methyl sites for hydroxylation is 2. The first kappa shape index (κ1) is 19.5. The second-order valence-corrected chi connectivity index (χ2v) is 8.11. The zero-order chi connectivity index (χ0) is 20.7. The molecule has 0 aliphatic carbocycles. The maximum atomic E-state index is 12.7. The molecular formula is C19H21N5O4S. The molecule has 0 N–H and O–H groups in total. The van der Waals surface area contributed by atoms with Crippen molar-refractivity contribution in [2.45, 2.75) is 19.4 Å². The fourth-order valence-electron chi connectivity index (χ4n) is 3.46. The van der Waals surface area contributed by atoms with Gasteiger partial charge in [0, 0.05) is 26.0 Å². The van der Waals surface area contributed by atoms with Gasteiger partial charge in [0.2, 0.25) is 5.91 Å². The van der Waals surface area contributed by atoms with Crippen LogP contribution in [0.15, 0.2) is 27.1 Å². The number of carbonyl (C=O) groups is 1. The third-order valence-corrected chi connectivity index (χ3v) is 5.89. The Morgan fingerprint density at radius 2 is 2.03 bits per heavy atom. The molecule has 29 heavy (non-hydrogen) atoms. The summed E-state index contributed by atoms with van der Waals surface area (Å²) in [7, 11) is 3.02. The SMILES string of the molecule is Cc1nc(CC(=O)N2CCO[C@@H](c3ccc4c(=O)n(C)c(=O)n(C)c4n3)C2)cs1. The largest absolute Gasteiger partial charge is 0.368 e. The molecule has 3 aromatic heterocycles. The van der Waals surface area contributed by atoms with Gasteiger partial charge in [0.1, 0.15) is 11.8 Å². The van der Waals surface area contributed by atoms with Crippen LogP contribution in [0, 0.1) is 6.92 Å². The first-order chi connectivity index (χ1) is 13.8. The molecule has 1 aliphatic heterocycles. The quantitative estimate of drug-likeness (QED) is 0.619. The van der Waals surface area contributed by atoms with Crippen LogP contribution in [0.4, 0.5) is 0 Å². The van der Waals surface area contributed by atoms with Crippen LogP contribution in [0.2, 0.25) is 0 Å². The van der Waals surface area contributed by atoms with Gasteiger partial charge in [0.15, 0.2) is 0 Å². The topological polar surface area (TPSA) is 99.3 Å². The Bertz CT molecular complexity index is 1210. The number of thiazole rings is 1. The molecule has 1 fully saturated rings. The minimum absolute atomic E-state index is 0.00865. The minimum atomic E-state index is -0.438. The van der Waals surface area contributed by atoms with Crippen LogP contribution in [-0.2, 0) is 30.0 Å². The van der Waals surface area contributed by atoms with Crippen molar-refractivity contribution in [1.82, 2.24) is 24.0 Å². The average Bonchev–Trinajstić information content (AvgIpc) is 3.14. The summed E-state index contributed by atoms with van der Waals surface area (Å²) in [5.41, 5.74) is 0.840. The third-order valence-electron chi connectivity index (χ3n) is 5.07. The van der Waals surface area contributed by atoms with Crippen molar-refractivity contribution in [3.63, 3.8) is 0 Å². The number of aromatic nitrogens is 4. The highest BCUT2D eigenvalue weighted by molar-refractivity contribution is 7.09. The third kappa shape index (κ3) is 3.60. The lowest BCUT2D eigenvalue weighted by molar-refractivity contribution is -0.138. The maximum Gasteiger partial charge on any atom is 0.332 e. The normalized spacial score (nSPS) is 17.1. The van der Waals surface area contributed by atoms with E-state index in [-0.39, 0.29) is 17.9 Å². The fraction of sp³-hybridized carbons (Fsp3) is 0.421. The van der Waals surface area contributed by atoms with Crippen molar-refractivity contribution >= 4 is 28.3 Å². The number of hydrogen-bond donors (Lipinski definition) is 0. The molecule has 1 amide bonds. The smallest absolute Gasteiger partial charge is 0.332 e. The van der Waals surface area contributed by atoms with Crippen LogP contribution in [0.1, 0.15) is 22.5 Å². The van der Waals surface area contributed by atoms with Gasteiger partial charge in [-0.3, -0.25) is 18.7 Å². The van der Waals surface area contributed by atoms with E-state index in [1.54, 1.807) is 24.1 Å². The summed E-state index contributed by atoms with van der Waals surface area (Å²) in [4.78, 5) is 47.8. The molecule has 4 heterocycles. The van der Waals surface area contributed by atoms with Gasteiger partial charge < -0.3 is 9.64 Å². The number of hydrogen-bond acceptors (Lipinski definition) is 7. The van der Waals surface area contributed by atoms with Crippen molar-refractivity contribution in [3.8, 4) is 0 Å². The van der Waals surface area contributed by atoms with Gasteiger partial charge in [0.25, 0.3) is 5.56 Å². The van der Waals surface area contributed by atoms with Gasteiger partial charge in [-0.25, -0.2) is 14.8 Å².